The summed E-state index contributed by atoms with van der Waals surface area (Å²) in [6.07, 6.45) is 1.32. The standard InChI is InChI=1S/C27H29ClN6O4/c1-14-7-9-21(16(3)32-14)27(35,23(30-5)12-31-29)18-8-10-22-19(11-18)24(28)25(26(33-22)36-6)37-13-20-15(2)34-38-17(20)4/h7-12,35H,13,29H2,1-6H3. The molecular formula is C27H29ClN6O4. The molecule has 0 fully saturated rings. The number of aliphatic imine (C=N–C) groups is 1. The molecule has 3 aromatic heterocycles. The SMILES string of the molecule is CN=C(C=NN)C(O)(c1ccc2nc(OC)c(OCc3c(C)noc3C)c(Cl)c2c1)c1ccc(C)nc1C. The molecule has 0 aliphatic heterocycles. The van der Waals surface area contributed by atoms with Crippen molar-refractivity contribution in [2.75, 3.05) is 14.2 Å². The van der Waals surface area contributed by atoms with Crippen LogP contribution in [0, 0.1) is 27.7 Å². The normalized spacial score (nSPS) is 13.7. The Labute approximate surface area is 225 Å². The third kappa shape index (κ3) is 4.68. The van der Waals surface area contributed by atoms with Crippen LogP contribution >= 0.6 is 11.6 Å². The Hall–Kier alpha value is -4.02. The lowest BCUT2D eigenvalue weighted by Crippen LogP contribution is -2.39. The number of rotatable bonds is 8. The second-order valence-electron chi connectivity index (χ2n) is 8.77. The number of nitrogens with two attached hydrogens (primary N) is 1. The smallest absolute Gasteiger partial charge is 0.258 e. The van der Waals surface area contributed by atoms with Crippen molar-refractivity contribution in [1.29, 1.82) is 0 Å². The number of hydrazone groups is 1. The van der Waals surface area contributed by atoms with Crippen LogP contribution in [0.2, 0.25) is 5.02 Å². The fourth-order valence-electron chi connectivity index (χ4n) is 4.42. The molecule has 1 unspecified atom stereocenters. The van der Waals surface area contributed by atoms with Crippen LogP contribution in [0.1, 0.15) is 39.5 Å². The first kappa shape index (κ1) is 27.0. The van der Waals surface area contributed by atoms with Crippen LogP contribution in [0.3, 0.4) is 0 Å². The van der Waals surface area contributed by atoms with Gasteiger partial charge in [0.1, 0.15) is 12.4 Å². The van der Waals surface area contributed by atoms with E-state index in [1.807, 2.05) is 39.8 Å². The van der Waals surface area contributed by atoms with Crippen molar-refractivity contribution in [1.82, 2.24) is 15.1 Å². The summed E-state index contributed by atoms with van der Waals surface area (Å²) >= 11 is 6.89. The van der Waals surface area contributed by atoms with E-state index in [4.69, 9.17) is 31.4 Å². The highest BCUT2D eigenvalue weighted by Gasteiger charge is 2.39. The van der Waals surface area contributed by atoms with Gasteiger partial charge in [-0.1, -0.05) is 28.9 Å². The summed E-state index contributed by atoms with van der Waals surface area (Å²) in [5.74, 6) is 6.59. The Morgan fingerprint density at radius 3 is 2.53 bits per heavy atom. The first-order valence-electron chi connectivity index (χ1n) is 11.8. The van der Waals surface area contributed by atoms with Gasteiger partial charge < -0.3 is 24.9 Å². The van der Waals surface area contributed by atoms with Crippen molar-refractivity contribution < 1.29 is 19.1 Å². The zero-order valence-corrected chi connectivity index (χ0v) is 22.8. The molecule has 0 amide bonds. The lowest BCUT2D eigenvalue weighted by molar-refractivity contribution is 0.157. The van der Waals surface area contributed by atoms with Crippen molar-refractivity contribution >= 4 is 34.4 Å². The minimum absolute atomic E-state index is 0.155. The van der Waals surface area contributed by atoms with Gasteiger partial charge in [0.15, 0.2) is 5.60 Å². The van der Waals surface area contributed by atoms with Gasteiger partial charge in [-0.2, -0.15) is 5.10 Å². The molecule has 11 heteroatoms. The molecule has 0 aliphatic rings. The Balaban J connectivity index is 1.91. The fourth-order valence-corrected chi connectivity index (χ4v) is 4.71. The summed E-state index contributed by atoms with van der Waals surface area (Å²) in [4.78, 5) is 13.4. The number of nitrogens with zero attached hydrogens (tertiary/aromatic N) is 5. The quantitative estimate of drug-likeness (QED) is 0.192. The van der Waals surface area contributed by atoms with Crippen molar-refractivity contribution in [3.63, 3.8) is 0 Å². The van der Waals surface area contributed by atoms with Gasteiger partial charge in [-0.25, -0.2) is 4.98 Å². The molecule has 0 saturated heterocycles. The van der Waals surface area contributed by atoms with Crippen LogP contribution < -0.4 is 15.3 Å². The van der Waals surface area contributed by atoms with Gasteiger partial charge in [0.25, 0.3) is 5.88 Å². The Bertz CT molecular complexity index is 1550. The molecular weight excluding hydrogens is 508 g/mol. The van der Waals surface area contributed by atoms with Gasteiger partial charge in [0.05, 0.1) is 40.8 Å². The number of halogens is 1. The first-order valence-corrected chi connectivity index (χ1v) is 12.1. The first-order chi connectivity index (χ1) is 18.1. The van der Waals surface area contributed by atoms with E-state index >= 15 is 0 Å². The lowest BCUT2D eigenvalue weighted by atomic mass is 9.81. The minimum atomic E-state index is -1.74. The summed E-state index contributed by atoms with van der Waals surface area (Å²) in [6.45, 7) is 7.50. The van der Waals surface area contributed by atoms with E-state index in [0.717, 1.165) is 11.3 Å². The second kappa shape index (κ2) is 10.8. The van der Waals surface area contributed by atoms with Crippen LogP contribution in [0.15, 0.2) is 44.9 Å². The van der Waals surface area contributed by atoms with Crippen LogP contribution in [0.4, 0.5) is 0 Å². The number of aromatic nitrogens is 3. The predicted octanol–water partition coefficient (Wildman–Crippen LogP) is 4.34. The lowest BCUT2D eigenvalue weighted by Gasteiger charge is -2.30. The number of fused-ring (bicyclic) bond motifs is 1. The molecule has 0 radical (unpaired) electrons. The average molecular weight is 537 g/mol. The maximum atomic E-state index is 12.3. The van der Waals surface area contributed by atoms with Crippen LogP contribution in [-0.2, 0) is 12.2 Å². The zero-order valence-electron chi connectivity index (χ0n) is 22.0. The fraction of sp³-hybridized carbons (Fsp3) is 0.296. The van der Waals surface area contributed by atoms with Gasteiger partial charge in [-0.3, -0.25) is 9.98 Å². The number of methoxy groups -OCH3 is 1. The third-order valence-electron chi connectivity index (χ3n) is 6.43. The average Bonchev–Trinajstić information content (AvgIpc) is 3.22. The molecule has 4 aromatic rings. The molecule has 4 rings (SSSR count). The van der Waals surface area contributed by atoms with Gasteiger partial charge in [0, 0.05) is 29.4 Å². The topological polar surface area (TPSA) is 141 Å². The molecule has 0 spiro atoms. The van der Waals surface area contributed by atoms with Crippen LogP contribution in [-0.4, -0.2) is 46.3 Å². The molecule has 0 bridgehead atoms. The van der Waals surface area contributed by atoms with E-state index in [0.29, 0.717) is 39.2 Å². The van der Waals surface area contributed by atoms with Gasteiger partial charge in [-0.15, -0.1) is 0 Å². The van der Waals surface area contributed by atoms with E-state index in [1.54, 1.807) is 25.2 Å². The molecule has 1 aromatic carbocycles. The van der Waals surface area contributed by atoms with E-state index < -0.39 is 5.60 Å². The zero-order chi connectivity index (χ0) is 27.6. The number of ether oxygens (including phenoxy) is 2. The van der Waals surface area contributed by atoms with Gasteiger partial charge in [0.2, 0.25) is 5.75 Å². The second-order valence-corrected chi connectivity index (χ2v) is 9.15. The maximum Gasteiger partial charge on any atom is 0.258 e. The number of benzene rings is 1. The Morgan fingerprint density at radius 2 is 1.92 bits per heavy atom. The van der Waals surface area contributed by atoms with Crippen molar-refractivity contribution in [2.45, 2.75) is 39.9 Å². The van der Waals surface area contributed by atoms with E-state index in [1.165, 1.54) is 13.3 Å². The minimum Gasteiger partial charge on any atom is -0.482 e. The highest BCUT2D eigenvalue weighted by atomic mass is 35.5. The Kier molecular flexibility index (Phi) is 7.66. The van der Waals surface area contributed by atoms with Crippen molar-refractivity contribution in [3.8, 4) is 11.6 Å². The van der Waals surface area contributed by atoms with Crippen LogP contribution in [0.25, 0.3) is 10.9 Å². The molecule has 0 aliphatic carbocycles. The van der Waals surface area contributed by atoms with E-state index in [-0.39, 0.29) is 29.0 Å². The highest BCUT2D eigenvalue weighted by Crippen LogP contribution is 2.42. The van der Waals surface area contributed by atoms with Crippen molar-refractivity contribution in [2.24, 2.45) is 15.9 Å². The number of pyridine rings is 2. The predicted molar refractivity (Wildman–Crippen MR) is 146 cm³/mol. The molecule has 3 N–H and O–H groups in total. The molecule has 10 nitrogen and oxygen atoms in total. The monoisotopic (exact) mass is 536 g/mol. The highest BCUT2D eigenvalue weighted by molar-refractivity contribution is 6.37. The molecule has 1 atom stereocenters. The summed E-state index contributed by atoms with van der Waals surface area (Å²) in [5.41, 5.74) is 2.98. The van der Waals surface area contributed by atoms with Crippen LogP contribution in [0.5, 0.6) is 11.6 Å². The van der Waals surface area contributed by atoms with Gasteiger partial charge >= 0.3 is 0 Å². The summed E-state index contributed by atoms with van der Waals surface area (Å²) in [6, 6.07) is 8.85. The number of aliphatic hydroxyl groups is 1. The van der Waals surface area contributed by atoms with E-state index in [2.05, 4.69) is 25.2 Å². The number of hydrogen-bond acceptors (Lipinski definition) is 10. The molecule has 38 heavy (non-hydrogen) atoms. The summed E-state index contributed by atoms with van der Waals surface area (Å²) in [5, 5.41) is 20.7. The molecule has 3 heterocycles. The summed E-state index contributed by atoms with van der Waals surface area (Å²) in [7, 11) is 3.05. The molecule has 198 valence electrons. The summed E-state index contributed by atoms with van der Waals surface area (Å²) < 4.78 is 16.8. The Morgan fingerprint density at radius 1 is 1.16 bits per heavy atom. The molecule has 0 saturated carbocycles. The third-order valence-corrected chi connectivity index (χ3v) is 6.80. The van der Waals surface area contributed by atoms with Crippen molar-refractivity contribution in [3.05, 3.63) is 74.9 Å². The van der Waals surface area contributed by atoms with Gasteiger partial charge in [-0.05, 0) is 51.5 Å². The van der Waals surface area contributed by atoms with E-state index in [9.17, 15) is 5.11 Å². The largest absolute Gasteiger partial charge is 0.482 e. The number of aryl methyl sites for hydroxylation is 4. The number of hydrogen-bond donors (Lipinski definition) is 2. The maximum absolute atomic E-state index is 12.3.